The second kappa shape index (κ2) is 10.3. The van der Waals surface area contributed by atoms with Crippen molar-refractivity contribution in [1.29, 1.82) is 0 Å². The molecule has 1 aliphatic carbocycles. The molecule has 0 atom stereocenters. The molecule has 0 saturated carbocycles. The minimum absolute atomic E-state index is 0.0577. The van der Waals surface area contributed by atoms with Crippen molar-refractivity contribution in [2.45, 2.75) is 25.2 Å². The molecule has 3 rings (SSSR count). The van der Waals surface area contributed by atoms with E-state index in [-0.39, 0.29) is 11.9 Å². The quantitative estimate of drug-likeness (QED) is 0.347. The zero-order valence-electron chi connectivity index (χ0n) is 15.7. The van der Waals surface area contributed by atoms with Crippen LogP contribution in [0.15, 0.2) is 48.5 Å². The summed E-state index contributed by atoms with van der Waals surface area (Å²) in [7, 11) is 0. The lowest BCUT2D eigenvalue weighted by Crippen LogP contribution is -2.27. The predicted octanol–water partition coefficient (Wildman–Crippen LogP) is 4.63. The molecule has 0 fully saturated rings. The predicted molar refractivity (Wildman–Crippen MR) is 112 cm³/mol. The Balaban J connectivity index is 1.42. The Kier molecular flexibility index (Phi) is 7.48. The van der Waals surface area contributed by atoms with E-state index in [0.717, 1.165) is 0 Å². The highest BCUT2D eigenvalue weighted by atomic mass is 79.9. The van der Waals surface area contributed by atoms with Crippen molar-refractivity contribution < 1.29 is 19.1 Å². The number of benzene rings is 2. The van der Waals surface area contributed by atoms with Crippen molar-refractivity contribution >= 4 is 28.0 Å². The minimum atomic E-state index is -0.427. The first kappa shape index (κ1) is 20.4. The fourth-order valence-corrected chi connectivity index (χ4v) is 3.62. The van der Waals surface area contributed by atoms with Crippen molar-refractivity contribution in [3.63, 3.8) is 0 Å². The first-order chi connectivity index (χ1) is 13.7. The Morgan fingerprint density at radius 1 is 0.929 bits per heavy atom. The molecule has 148 valence electrons. The van der Waals surface area contributed by atoms with Gasteiger partial charge in [-0.15, -0.1) is 0 Å². The number of fused-ring (bicyclic) bond motifs is 3. The van der Waals surface area contributed by atoms with Crippen LogP contribution in [0.4, 0.5) is 4.79 Å². The zero-order chi connectivity index (χ0) is 19.8. The Bertz CT molecular complexity index is 778. The number of rotatable bonds is 9. The van der Waals surface area contributed by atoms with E-state index >= 15 is 0 Å². The Labute approximate surface area is 173 Å². The monoisotopic (exact) mass is 445 g/mol. The number of hydrogen-bond donors (Lipinski definition) is 1. The molecule has 28 heavy (non-hydrogen) atoms. The molecule has 1 aliphatic rings. The van der Waals surface area contributed by atoms with Crippen molar-refractivity contribution in [3.05, 3.63) is 59.7 Å². The molecule has 1 amide bonds. The van der Waals surface area contributed by atoms with Gasteiger partial charge in [-0.25, -0.2) is 4.79 Å². The van der Waals surface area contributed by atoms with Gasteiger partial charge in [0.1, 0.15) is 13.2 Å². The smallest absolute Gasteiger partial charge is 0.407 e. The zero-order valence-corrected chi connectivity index (χ0v) is 17.2. The summed E-state index contributed by atoms with van der Waals surface area (Å²) in [6, 6.07) is 16.5. The third-order valence-corrected chi connectivity index (χ3v) is 5.08. The molecule has 5 nitrogen and oxygen atoms in total. The van der Waals surface area contributed by atoms with E-state index in [0.29, 0.717) is 44.4 Å². The van der Waals surface area contributed by atoms with Crippen molar-refractivity contribution in [1.82, 2.24) is 5.32 Å². The molecule has 0 aliphatic heterocycles. The number of unbranched alkanes of at least 4 members (excludes halogenated alkanes) is 1. The van der Waals surface area contributed by atoms with E-state index in [4.69, 9.17) is 9.47 Å². The number of nitrogens with one attached hydrogen (secondary N) is 1. The lowest BCUT2D eigenvalue weighted by molar-refractivity contribution is -0.143. The number of alkyl carbamates (subject to hydrolysis) is 1. The average molecular weight is 446 g/mol. The van der Waals surface area contributed by atoms with Gasteiger partial charge in [0, 0.05) is 24.2 Å². The molecule has 0 saturated heterocycles. The summed E-state index contributed by atoms with van der Waals surface area (Å²) in [5.74, 6) is -0.150. The van der Waals surface area contributed by atoms with E-state index in [1.807, 2.05) is 24.3 Å². The van der Waals surface area contributed by atoms with Gasteiger partial charge >= 0.3 is 12.1 Å². The number of hydrogen-bond acceptors (Lipinski definition) is 4. The summed E-state index contributed by atoms with van der Waals surface area (Å²) in [5.41, 5.74) is 4.80. The maximum atomic E-state index is 12.0. The van der Waals surface area contributed by atoms with Crippen LogP contribution >= 0.6 is 15.9 Å². The van der Waals surface area contributed by atoms with Gasteiger partial charge in [0.05, 0.1) is 0 Å². The molecule has 0 unspecified atom stereocenters. The maximum absolute atomic E-state index is 12.0. The third-order valence-electron chi connectivity index (χ3n) is 4.76. The average Bonchev–Trinajstić information content (AvgIpc) is 3.04. The second-order valence-corrected chi connectivity index (χ2v) is 7.41. The first-order valence-corrected chi connectivity index (χ1v) is 10.6. The molecule has 0 bridgehead atoms. The van der Waals surface area contributed by atoms with E-state index in [9.17, 15) is 9.59 Å². The molecule has 0 radical (unpaired) electrons. The highest BCUT2D eigenvalue weighted by Gasteiger charge is 2.28. The Hall–Kier alpha value is -2.34. The number of halogens is 1. The molecular formula is C22H24BrNO4. The summed E-state index contributed by atoms with van der Waals surface area (Å²) in [4.78, 5) is 23.4. The van der Waals surface area contributed by atoms with Crippen LogP contribution in [0.2, 0.25) is 0 Å². The standard InChI is InChI=1S/C22H24BrNO4/c23-12-14-27-21(25)11-5-6-13-24-22(26)28-15-20-18-9-3-1-7-16(18)17-8-2-4-10-19(17)20/h1-4,7-10,20H,5-6,11-15H2,(H,24,26). The SMILES string of the molecule is O=C(CCCCNC(=O)OCC1c2ccccc2-c2ccccc21)OCCBr. The lowest BCUT2D eigenvalue weighted by atomic mass is 9.98. The van der Waals surface area contributed by atoms with Crippen LogP contribution in [0.25, 0.3) is 11.1 Å². The van der Waals surface area contributed by atoms with Gasteiger partial charge in [-0.3, -0.25) is 4.79 Å². The summed E-state index contributed by atoms with van der Waals surface area (Å²) < 4.78 is 10.4. The van der Waals surface area contributed by atoms with Crippen LogP contribution in [-0.2, 0) is 14.3 Å². The molecule has 6 heteroatoms. The van der Waals surface area contributed by atoms with Crippen LogP contribution in [0.5, 0.6) is 0 Å². The third kappa shape index (κ3) is 5.13. The molecule has 2 aromatic carbocycles. The summed E-state index contributed by atoms with van der Waals surface area (Å²) in [6.45, 7) is 1.16. The van der Waals surface area contributed by atoms with E-state index in [1.165, 1.54) is 22.3 Å². The van der Waals surface area contributed by atoms with Gasteiger partial charge in [0.15, 0.2) is 0 Å². The fraction of sp³-hybridized carbons (Fsp3) is 0.364. The van der Waals surface area contributed by atoms with E-state index in [1.54, 1.807) is 0 Å². The van der Waals surface area contributed by atoms with Crippen LogP contribution in [0.3, 0.4) is 0 Å². The summed E-state index contributed by atoms with van der Waals surface area (Å²) in [6.07, 6.45) is 1.31. The van der Waals surface area contributed by atoms with Crippen molar-refractivity contribution in [2.75, 3.05) is 25.1 Å². The molecule has 2 aromatic rings. The molecule has 0 heterocycles. The Morgan fingerprint density at radius 2 is 1.57 bits per heavy atom. The molecule has 1 N–H and O–H groups in total. The van der Waals surface area contributed by atoms with E-state index in [2.05, 4.69) is 45.5 Å². The first-order valence-electron chi connectivity index (χ1n) is 9.51. The maximum Gasteiger partial charge on any atom is 0.407 e. The topological polar surface area (TPSA) is 64.6 Å². The van der Waals surface area contributed by atoms with Gasteiger partial charge in [-0.05, 0) is 35.1 Å². The summed E-state index contributed by atoms with van der Waals surface area (Å²) in [5, 5.41) is 3.39. The number of ether oxygens (including phenoxy) is 2. The Morgan fingerprint density at radius 3 is 2.21 bits per heavy atom. The van der Waals surface area contributed by atoms with Crippen LogP contribution < -0.4 is 5.32 Å². The van der Waals surface area contributed by atoms with Gasteiger partial charge in [-0.1, -0.05) is 64.5 Å². The normalized spacial score (nSPS) is 12.2. The lowest BCUT2D eigenvalue weighted by Gasteiger charge is -2.14. The highest BCUT2D eigenvalue weighted by Crippen LogP contribution is 2.44. The van der Waals surface area contributed by atoms with Crippen LogP contribution in [-0.4, -0.2) is 37.2 Å². The number of esters is 1. The molecule has 0 aromatic heterocycles. The highest BCUT2D eigenvalue weighted by molar-refractivity contribution is 9.09. The van der Waals surface area contributed by atoms with Gasteiger partial charge in [-0.2, -0.15) is 0 Å². The number of carbonyl (C=O) groups is 2. The number of carbonyl (C=O) groups excluding carboxylic acids is 2. The molecular weight excluding hydrogens is 422 g/mol. The van der Waals surface area contributed by atoms with Crippen molar-refractivity contribution in [2.24, 2.45) is 0 Å². The largest absolute Gasteiger partial charge is 0.465 e. The van der Waals surface area contributed by atoms with Crippen LogP contribution in [0, 0.1) is 0 Å². The fourth-order valence-electron chi connectivity index (χ4n) is 3.46. The minimum Gasteiger partial charge on any atom is -0.465 e. The van der Waals surface area contributed by atoms with Gasteiger partial charge < -0.3 is 14.8 Å². The second-order valence-electron chi connectivity index (χ2n) is 6.62. The molecule has 0 spiro atoms. The van der Waals surface area contributed by atoms with E-state index < -0.39 is 6.09 Å². The van der Waals surface area contributed by atoms with Crippen molar-refractivity contribution in [3.8, 4) is 11.1 Å². The number of alkyl halides is 1. The van der Waals surface area contributed by atoms with Gasteiger partial charge in [0.25, 0.3) is 0 Å². The number of amides is 1. The van der Waals surface area contributed by atoms with Gasteiger partial charge in [0.2, 0.25) is 0 Å². The van der Waals surface area contributed by atoms with Crippen LogP contribution in [0.1, 0.15) is 36.3 Å². The summed E-state index contributed by atoms with van der Waals surface area (Å²) >= 11 is 3.21.